The van der Waals surface area contributed by atoms with E-state index >= 15 is 0 Å². The zero-order valence-electron chi connectivity index (χ0n) is 14.9. The molecule has 7 heteroatoms. The summed E-state index contributed by atoms with van der Waals surface area (Å²) in [5, 5.41) is 1.14. The fourth-order valence-electron chi connectivity index (χ4n) is 3.25. The summed E-state index contributed by atoms with van der Waals surface area (Å²) in [6, 6.07) is 10.3. The summed E-state index contributed by atoms with van der Waals surface area (Å²) in [5.74, 6) is -0.597. The Balaban J connectivity index is 1.46. The molecule has 0 unspecified atom stereocenters. The second kappa shape index (κ2) is 7.44. The number of aryl methyl sites for hydroxylation is 1. The van der Waals surface area contributed by atoms with Crippen LogP contribution in [0.15, 0.2) is 36.4 Å². The number of fused-ring (bicyclic) bond motifs is 1. The second-order valence-corrected chi connectivity index (χ2v) is 7.97. The molecule has 4 nitrogen and oxygen atoms in total. The monoisotopic (exact) mass is 403 g/mol. The van der Waals surface area contributed by atoms with Crippen LogP contribution in [0.4, 0.5) is 9.52 Å². The van der Waals surface area contributed by atoms with E-state index in [4.69, 9.17) is 16.6 Å². The lowest BCUT2D eigenvalue weighted by atomic mass is 10.1. The van der Waals surface area contributed by atoms with Crippen molar-refractivity contribution in [3.05, 3.63) is 58.4 Å². The average Bonchev–Trinajstić information content (AvgIpc) is 3.11. The first-order chi connectivity index (χ1) is 13.0. The lowest BCUT2D eigenvalue weighted by Gasteiger charge is -2.34. The summed E-state index contributed by atoms with van der Waals surface area (Å²) in [5.41, 5.74) is 2.67. The Kier molecular flexibility index (Phi) is 5.02. The minimum absolute atomic E-state index is 0.153. The predicted molar refractivity (Wildman–Crippen MR) is 109 cm³/mol. The van der Waals surface area contributed by atoms with Gasteiger partial charge in [-0.2, -0.15) is 0 Å². The number of nitrogens with zero attached hydrogens (tertiary/aromatic N) is 3. The molecule has 0 N–H and O–H groups in total. The molecular formula is C20H19ClFN3OS. The number of thiazole rings is 1. The zero-order chi connectivity index (χ0) is 19.0. The molecule has 1 saturated heterocycles. The van der Waals surface area contributed by atoms with Crippen LogP contribution in [0.25, 0.3) is 10.2 Å². The van der Waals surface area contributed by atoms with Crippen LogP contribution in [0.5, 0.6) is 0 Å². The number of aromatic nitrogens is 1. The molecule has 1 fully saturated rings. The molecule has 0 radical (unpaired) electrons. The summed E-state index contributed by atoms with van der Waals surface area (Å²) in [6.07, 6.45) is 1.01. The van der Waals surface area contributed by atoms with Crippen LogP contribution in [-0.4, -0.2) is 42.0 Å². The Morgan fingerprint density at radius 1 is 1.19 bits per heavy atom. The largest absolute Gasteiger partial charge is 0.345 e. The number of amides is 1. The third-order valence-corrected chi connectivity index (χ3v) is 6.24. The van der Waals surface area contributed by atoms with E-state index in [0.29, 0.717) is 31.7 Å². The molecule has 1 aliphatic heterocycles. The number of rotatable bonds is 3. The van der Waals surface area contributed by atoms with Gasteiger partial charge in [0.2, 0.25) is 0 Å². The molecule has 0 spiro atoms. The highest BCUT2D eigenvalue weighted by atomic mass is 35.5. The molecule has 0 atom stereocenters. The molecule has 0 aliphatic carbocycles. The Hall–Kier alpha value is -2.18. The van der Waals surface area contributed by atoms with E-state index < -0.39 is 5.82 Å². The van der Waals surface area contributed by atoms with Crippen LogP contribution in [0.3, 0.4) is 0 Å². The molecule has 2 heterocycles. The molecule has 1 aromatic heterocycles. The number of hydrogen-bond donors (Lipinski definition) is 0. The van der Waals surface area contributed by atoms with E-state index in [0.717, 1.165) is 17.1 Å². The number of carbonyl (C=O) groups excluding carboxylic acids is 1. The molecule has 3 aromatic rings. The quantitative estimate of drug-likeness (QED) is 0.640. The first-order valence-electron chi connectivity index (χ1n) is 8.94. The SMILES string of the molecule is CCc1ccc2nc(N3CCN(C(=O)c4ccc(F)cc4Cl)CC3)sc2c1. The van der Waals surface area contributed by atoms with Gasteiger partial charge in [-0.1, -0.05) is 35.9 Å². The van der Waals surface area contributed by atoms with Gasteiger partial charge in [0.05, 0.1) is 20.8 Å². The molecule has 0 saturated carbocycles. The molecule has 4 rings (SSSR count). The van der Waals surface area contributed by atoms with Gasteiger partial charge in [0.25, 0.3) is 5.91 Å². The van der Waals surface area contributed by atoms with Gasteiger partial charge in [-0.3, -0.25) is 4.79 Å². The maximum absolute atomic E-state index is 13.2. The van der Waals surface area contributed by atoms with Crippen LogP contribution in [0.1, 0.15) is 22.8 Å². The third-order valence-electron chi connectivity index (χ3n) is 4.85. The Morgan fingerprint density at radius 2 is 1.96 bits per heavy atom. The molecule has 1 aliphatic rings. The van der Waals surface area contributed by atoms with Crippen LogP contribution >= 0.6 is 22.9 Å². The smallest absolute Gasteiger partial charge is 0.255 e. The number of carbonyl (C=O) groups is 1. The van der Waals surface area contributed by atoms with Crippen molar-refractivity contribution in [2.24, 2.45) is 0 Å². The number of hydrogen-bond acceptors (Lipinski definition) is 4. The van der Waals surface area contributed by atoms with Crippen molar-refractivity contribution in [2.75, 3.05) is 31.1 Å². The molecule has 2 aromatic carbocycles. The predicted octanol–water partition coefficient (Wildman–Crippen LogP) is 4.61. The summed E-state index contributed by atoms with van der Waals surface area (Å²) in [7, 11) is 0. The van der Waals surface area contributed by atoms with Crippen LogP contribution in [0.2, 0.25) is 5.02 Å². The Labute approximate surface area is 166 Å². The lowest BCUT2D eigenvalue weighted by Crippen LogP contribution is -2.48. The minimum Gasteiger partial charge on any atom is -0.345 e. The van der Waals surface area contributed by atoms with Gasteiger partial charge in [0.15, 0.2) is 5.13 Å². The fourth-order valence-corrected chi connectivity index (χ4v) is 4.58. The van der Waals surface area contributed by atoms with Crippen molar-refractivity contribution in [3.8, 4) is 0 Å². The molecular weight excluding hydrogens is 385 g/mol. The highest BCUT2D eigenvalue weighted by Gasteiger charge is 2.25. The number of anilines is 1. The number of benzene rings is 2. The summed E-state index contributed by atoms with van der Waals surface area (Å²) >= 11 is 7.72. The maximum Gasteiger partial charge on any atom is 0.255 e. The van der Waals surface area contributed by atoms with Crippen molar-refractivity contribution < 1.29 is 9.18 Å². The van der Waals surface area contributed by atoms with E-state index in [1.54, 1.807) is 16.2 Å². The van der Waals surface area contributed by atoms with Gasteiger partial charge in [-0.15, -0.1) is 0 Å². The second-order valence-electron chi connectivity index (χ2n) is 6.56. The van der Waals surface area contributed by atoms with Gasteiger partial charge in [-0.25, -0.2) is 9.37 Å². The third kappa shape index (κ3) is 3.64. The molecule has 1 amide bonds. The first kappa shape index (κ1) is 18.2. The van der Waals surface area contributed by atoms with Crippen molar-refractivity contribution in [1.29, 1.82) is 0 Å². The summed E-state index contributed by atoms with van der Waals surface area (Å²) in [4.78, 5) is 21.4. The number of piperazine rings is 1. The average molecular weight is 404 g/mol. The van der Waals surface area contributed by atoms with E-state index in [-0.39, 0.29) is 10.9 Å². The molecule has 0 bridgehead atoms. The van der Waals surface area contributed by atoms with Crippen molar-refractivity contribution in [2.45, 2.75) is 13.3 Å². The van der Waals surface area contributed by atoms with Gasteiger partial charge in [0.1, 0.15) is 5.82 Å². The van der Waals surface area contributed by atoms with Gasteiger partial charge in [0, 0.05) is 26.2 Å². The van der Waals surface area contributed by atoms with E-state index in [9.17, 15) is 9.18 Å². The molecule has 27 heavy (non-hydrogen) atoms. The van der Waals surface area contributed by atoms with Crippen LogP contribution < -0.4 is 4.90 Å². The fraction of sp³-hybridized carbons (Fsp3) is 0.300. The van der Waals surface area contributed by atoms with Crippen molar-refractivity contribution in [3.63, 3.8) is 0 Å². The Morgan fingerprint density at radius 3 is 2.67 bits per heavy atom. The maximum atomic E-state index is 13.2. The zero-order valence-corrected chi connectivity index (χ0v) is 16.5. The van der Waals surface area contributed by atoms with Crippen molar-refractivity contribution in [1.82, 2.24) is 9.88 Å². The highest BCUT2D eigenvalue weighted by Crippen LogP contribution is 2.30. The summed E-state index contributed by atoms with van der Waals surface area (Å²) < 4.78 is 14.4. The topological polar surface area (TPSA) is 36.4 Å². The van der Waals surface area contributed by atoms with Crippen LogP contribution in [0, 0.1) is 5.82 Å². The standard InChI is InChI=1S/C20H19ClFN3OS/c1-2-13-3-6-17-18(11-13)27-20(23-17)25-9-7-24(8-10-25)19(26)15-5-4-14(22)12-16(15)21/h3-6,11-12H,2,7-10H2,1H3. The van der Waals surface area contributed by atoms with Gasteiger partial charge in [-0.05, 0) is 42.3 Å². The number of halogens is 2. The minimum atomic E-state index is -0.441. The van der Waals surface area contributed by atoms with E-state index in [1.165, 1.54) is 28.5 Å². The van der Waals surface area contributed by atoms with Gasteiger partial charge >= 0.3 is 0 Å². The Bertz CT molecular complexity index is 998. The summed E-state index contributed by atoms with van der Waals surface area (Å²) in [6.45, 7) is 4.74. The highest BCUT2D eigenvalue weighted by molar-refractivity contribution is 7.22. The van der Waals surface area contributed by atoms with E-state index in [1.807, 2.05) is 0 Å². The normalized spacial score (nSPS) is 14.8. The van der Waals surface area contributed by atoms with Gasteiger partial charge < -0.3 is 9.80 Å². The first-order valence-corrected chi connectivity index (χ1v) is 10.1. The molecule has 140 valence electrons. The lowest BCUT2D eigenvalue weighted by molar-refractivity contribution is 0.0747. The van der Waals surface area contributed by atoms with E-state index in [2.05, 4.69) is 30.0 Å². The van der Waals surface area contributed by atoms with Crippen molar-refractivity contribution >= 4 is 44.2 Å². The van der Waals surface area contributed by atoms with Crippen LogP contribution in [-0.2, 0) is 6.42 Å².